The highest BCUT2D eigenvalue weighted by Crippen LogP contribution is 2.07. The summed E-state index contributed by atoms with van der Waals surface area (Å²) in [6, 6.07) is 3.56. The van der Waals surface area contributed by atoms with Gasteiger partial charge in [-0.2, -0.15) is 0 Å². The summed E-state index contributed by atoms with van der Waals surface area (Å²) in [5.74, 6) is -0.0923. The highest BCUT2D eigenvalue weighted by Gasteiger charge is 2.12. The molecule has 0 radical (unpaired) electrons. The number of rotatable bonds is 4. The van der Waals surface area contributed by atoms with Crippen molar-refractivity contribution in [2.75, 3.05) is 0 Å². The zero-order chi connectivity index (χ0) is 13.0. The Kier molecular flexibility index (Phi) is 4.09. The zero-order valence-electron chi connectivity index (χ0n) is 10.0. The number of carbonyl (C=O) groups excluding carboxylic acids is 1. The van der Waals surface area contributed by atoms with Crippen LogP contribution < -0.4 is 5.32 Å². The van der Waals surface area contributed by atoms with Crippen molar-refractivity contribution < 1.29 is 19.1 Å². The average molecular weight is 237 g/mol. The van der Waals surface area contributed by atoms with Crippen molar-refractivity contribution in [3.05, 3.63) is 34.8 Å². The molecule has 1 heterocycles. The van der Waals surface area contributed by atoms with Gasteiger partial charge in [-0.25, -0.2) is 4.79 Å². The lowest BCUT2D eigenvalue weighted by molar-refractivity contribution is -0.133. The molecule has 1 amide bonds. The van der Waals surface area contributed by atoms with Gasteiger partial charge in [0.05, 0.1) is 6.54 Å². The molecule has 1 aromatic rings. The van der Waals surface area contributed by atoms with Gasteiger partial charge in [-0.1, -0.05) is 0 Å². The summed E-state index contributed by atoms with van der Waals surface area (Å²) in [6.07, 6.45) is 0. The minimum absolute atomic E-state index is 0.0399. The molecule has 17 heavy (non-hydrogen) atoms. The molecule has 0 aliphatic heterocycles. The lowest BCUT2D eigenvalue weighted by Crippen LogP contribution is -2.24. The fourth-order valence-electron chi connectivity index (χ4n) is 1.21. The van der Waals surface area contributed by atoms with Crippen LogP contribution in [-0.4, -0.2) is 17.0 Å². The minimum atomic E-state index is -1.09. The first-order valence-electron chi connectivity index (χ1n) is 5.16. The first-order valence-corrected chi connectivity index (χ1v) is 5.16. The van der Waals surface area contributed by atoms with E-state index in [-0.39, 0.29) is 17.7 Å². The third-order valence-electron chi connectivity index (χ3n) is 2.44. The van der Waals surface area contributed by atoms with Gasteiger partial charge in [-0.15, -0.1) is 0 Å². The summed E-state index contributed by atoms with van der Waals surface area (Å²) < 4.78 is 5.27. The van der Waals surface area contributed by atoms with Gasteiger partial charge in [0.15, 0.2) is 0 Å². The highest BCUT2D eigenvalue weighted by atomic mass is 16.4. The fraction of sp³-hybridized carbons (Fsp3) is 0.333. The molecule has 5 heteroatoms. The zero-order valence-corrected chi connectivity index (χ0v) is 10.0. The van der Waals surface area contributed by atoms with E-state index in [2.05, 4.69) is 5.32 Å². The number of carbonyl (C=O) groups is 2. The number of nitrogens with one attached hydrogen (secondary N) is 1. The topological polar surface area (TPSA) is 79.5 Å². The Bertz CT molecular complexity index is 471. The Balaban J connectivity index is 2.62. The summed E-state index contributed by atoms with van der Waals surface area (Å²) in [4.78, 5) is 22.3. The number of furan rings is 1. The van der Waals surface area contributed by atoms with E-state index in [0.29, 0.717) is 5.76 Å². The predicted molar refractivity (Wildman–Crippen MR) is 61.3 cm³/mol. The number of hydrogen-bond donors (Lipinski definition) is 2. The maximum Gasteiger partial charge on any atom is 0.331 e. The molecule has 2 N–H and O–H groups in total. The number of carboxylic acid groups (broad SMARTS) is 1. The van der Waals surface area contributed by atoms with Crippen LogP contribution in [0.3, 0.4) is 0 Å². The van der Waals surface area contributed by atoms with Crippen LogP contribution in [0.4, 0.5) is 0 Å². The monoisotopic (exact) mass is 237 g/mol. The lowest BCUT2D eigenvalue weighted by Gasteiger charge is -2.05. The van der Waals surface area contributed by atoms with Crippen molar-refractivity contribution in [2.45, 2.75) is 27.3 Å². The van der Waals surface area contributed by atoms with Crippen LogP contribution in [0.25, 0.3) is 0 Å². The highest BCUT2D eigenvalue weighted by molar-refractivity contribution is 6.01. The first kappa shape index (κ1) is 13.0. The second-order valence-electron chi connectivity index (χ2n) is 3.75. The molecule has 0 atom stereocenters. The van der Waals surface area contributed by atoms with Crippen LogP contribution >= 0.6 is 0 Å². The summed E-state index contributed by atoms with van der Waals surface area (Å²) in [5.41, 5.74) is 0.235. The van der Waals surface area contributed by atoms with Gasteiger partial charge < -0.3 is 14.8 Å². The van der Waals surface area contributed by atoms with Crippen molar-refractivity contribution in [1.82, 2.24) is 5.32 Å². The van der Waals surface area contributed by atoms with E-state index in [1.54, 1.807) is 12.1 Å². The number of aryl methyl sites for hydroxylation is 1. The molecular weight excluding hydrogens is 222 g/mol. The van der Waals surface area contributed by atoms with Crippen molar-refractivity contribution in [3.63, 3.8) is 0 Å². The third kappa shape index (κ3) is 3.48. The van der Waals surface area contributed by atoms with Crippen LogP contribution in [0.1, 0.15) is 25.4 Å². The van der Waals surface area contributed by atoms with E-state index in [0.717, 1.165) is 5.76 Å². The van der Waals surface area contributed by atoms with Crippen molar-refractivity contribution in [2.24, 2.45) is 0 Å². The molecule has 1 aromatic heterocycles. The van der Waals surface area contributed by atoms with E-state index in [4.69, 9.17) is 9.52 Å². The number of amides is 1. The molecule has 92 valence electrons. The normalized spacial score (nSPS) is 11.9. The summed E-state index contributed by atoms with van der Waals surface area (Å²) in [5, 5.41) is 11.3. The molecule has 0 aromatic carbocycles. The maximum atomic E-state index is 11.6. The lowest BCUT2D eigenvalue weighted by atomic mass is 10.1. The van der Waals surface area contributed by atoms with Crippen LogP contribution in [0.2, 0.25) is 0 Å². The van der Waals surface area contributed by atoms with Crippen molar-refractivity contribution in [3.8, 4) is 0 Å². The molecule has 0 fully saturated rings. The molecule has 0 saturated carbocycles. The van der Waals surface area contributed by atoms with Gasteiger partial charge in [0.2, 0.25) is 5.91 Å². The van der Waals surface area contributed by atoms with Crippen LogP contribution in [-0.2, 0) is 16.1 Å². The first-order chi connectivity index (χ1) is 7.91. The smallest absolute Gasteiger partial charge is 0.331 e. The van der Waals surface area contributed by atoms with E-state index in [9.17, 15) is 9.59 Å². The SMILES string of the molecule is CC(C(=O)O)=C(C)C(=O)NCc1ccc(C)o1. The number of hydrogen-bond acceptors (Lipinski definition) is 3. The Hall–Kier alpha value is -2.04. The van der Waals surface area contributed by atoms with Crippen molar-refractivity contribution in [1.29, 1.82) is 0 Å². The van der Waals surface area contributed by atoms with E-state index < -0.39 is 11.9 Å². The van der Waals surface area contributed by atoms with Crippen LogP contribution in [0, 0.1) is 6.92 Å². The summed E-state index contributed by atoms with van der Waals surface area (Å²) >= 11 is 0. The Morgan fingerprint density at radius 2 is 1.94 bits per heavy atom. The Morgan fingerprint density at radius 1 is 1.29 bits per heavy atom. The molecule has 0 aliphatic rings. The second-order valence-corrected chi connectivity index (χ2v) is 3.75. The quantitative estimate of drug-likeness (QED) is 0.780. The van der Waals surface area contributed by atoms with Gasteiger partial charge in [-0.3, -0.25) is 4.79 Å². The summed E-state index contributed by atoms with van der Waals surface area (Å²) in [6.45, 7) is 4.93. The Morgan fingerprint density at radius 3 is 2.41 bits per heavy atom. The molecule has 0 spiro atoms. The number of aliphatic carboxylic acids is 1. The second kappa shape index (κ2) is 5.34. The van der Waals surface area contributed by atoms with Gasteiger partial charge in [0.1, 0.15) is 11.5 Å². The van der Waals surface area contributed by atoms with E-state index >= 15 is 0 Å². The molecule has 0 aliphatic carbocycles. The van der Waals surface area contributed by atoms with Crippen molar-refractivity contribution >= 4 is 11.9 Å². The van der Waals surface area contributed by atoms with Crippen LogP contribution in [0.15, 0.2) is 27.7 Å². The van der Waals surface area contributed by atoms with Gasteiger partial charge in [-0.05, 0) is 32.9 Å². The van der Waals surface area contributed by atoms with Gasteiger partial charge in [0, 0.05) is 11.1 Å². The third-order valence-corrected chi connectivity index (χ3v) is 2.44. The largest absolute Gasteiger partial charge is 0.478 e. The molecule has 1 rings (SSSR count). The predicted octanol–water partition coefficient (Wildman–Crippen LogP) is 1.63. The molecule has 0 bridgehead atoms. The number of carboxylic acids is 1. The van der Waals surface area contributed by atoms with Gasteiger partial charge in [0.25, 0.3) is 0 Å². The molecular formula is C12H15NO4. The fourth-order valence-corrected chi connectivity index (χ4v) is 1.21. The van der Waals surface area contributed by atoms with E-state index in [1.165, 1.54) is 13.8 Å². The summed E-state index contributed by atoms with van der Waals surface area (Å²) in [7, 11) is 0. The Labute approximate surface area is 99.1 Å². The van der Waals surface area contributed by atoms with E-state index in [1.807, 2.05) is 6.92 Å². The van der Waals surface area contributed by atoms with Gasteiger partial charge >= 0.3 is 5.97 Å². The molecule has 0 saturated heterocycles. The molecule has 5 nitrogen and oxygen atoms in total. The van der Waals surface area contributed by atoms with Crippen LogP contribution in [0.5, 0.6) is 0 Å². The average Bonchev–Trinajstić information content (AvgIpc) is 2.69. The maximum absolute atomic E-state index is 11.6. The molecule has 0 unspecified atom stereocenters. The minimum Gasteiger partial charge on any atom is -0.478 e. The standard InChI is InChI=1S/C12H15NO4/c1-7-4-5-10(17-7)6-13-11(14)8(2)9(3)12(15)16/h4-5H,6H2,1-3H3,(H,13,14)(H,15,16).